The predicted octanol–water partition coefficient (Wildman–Crippen LogP) is 3.14. The zero-order valence-electron chi connectivity index (χ0n) is 15.5. The smallest absolute Gasteiger partial charge is 0.337 e. The molecule has 0 N–H and O–H groups in total. The average molecular weight is 369 g/mol. The van der Waals surface area contributed by atoms with Crippen molar-refractivity contribution in [2.75, 3.05) is 19.4 Å². The number of ether oxygens (including phenoxy) is 2. The second-order valence-electron chi connectivity index (χ2n) is 6.84. The SMILES string of the molecule is CCCN(C1CC(C)(C)Oc2ccc(C(=O)OC)cc21)S(=O)(=O)CC. The highest BCUT2D eigenvalue weighted by Gasteiger charge is 2.40. The number of carbonyl (C=O) groups excluding carboxylic acids is 1. The van der Waals surface area contributed by atoms with E-state index in [1.165, 1.54) is 7.11 Å². The number of carbonyl (C=O) groups is 1. The highest BCUT2D eigenvalue weighted by molar-refractivity contribution is 7.89. The van der Waals surface area contributed by atoms with E-state index in [-0.39, 0.29) is 11.8 Å². The van der Waals surface area contributed by atoms with E-state index >= 15 is 0 Å². The van der Waals surface area contributed by atoms with Crippen LogP contribution in [-0.2, 0) is 14.8 Å². The molecule has 0 aliphatic carbocycles. The predicted molar refractivity (Wildman–Crippen MR) is 96.3 cm³/mol. The first-order chi connectivity index (χ1) is 11.6. The molecular formula is C18H27NO5S. The average Bonchev–Trinajstić information content (AvgIpc) is 2.57. The number of sulfonamides is 1. The Balaban J connectivity index is 2.59. The van der Waals surface area contributed by atoms with Crippen molar-refractivity contribution < 1.29 is 22.7 Å². The minimum Gasteiger partial charge on any atom is -0.487 e. The number of hydrogen-bond donors (Lipinski definition) is 0. The zero-order chi connectivity index (χ0) is 18.8. The third kappa shape index (κ3) is 4.15. The molecule has 0 bridgehead atoms. The van der Waals surface area contributed by atoms with Gasteiger partial charge in [0.1, 0.15) is 11.4 Å². The maximum Gasteiger partial charge on any atom is 0.337 e. The van der Waals surface area contributed by atoms with Gasteiger partial charge in [0, 0.05) is 18.5 Å². The summed E-state index contributed by atoms with van der Waals surface area (Å²) in [6.45, 7) is 7.92. The first kappa shape index (κ1) is 19.7. The molecule has 1 aromatic rings. The van der Waals surface area contributed by atoms with E-state index in [0.717, 1.165) is 0 Å². The first-order valence-corrected chi connectivity index (χ1v) is 10.2. The molecule has 7 heteroatoms. The molecule has 0 fully saturated rings. The second-order valence-corrected chi connectivity index (χ2v) is 9.05. The van der Waals surface area contributed by atoms with Crippen LogP contribution in [0.1, 0.15) is 62.5 Å². The molecule has 0 saturated carbocycles. The van der Waals surface area contributed by atoms with Crippen LogP contribution in [0.3, 0.4) is 0 Å². The lowest BCUT2D eigenvalue weighted by Gasteiger charge is -2.42. The summed E-state index contributed by atoms with van der Waals surface area (Å²) in [7, 11) is -2.07. The summed E-state index contributed by atoms with van der Waals surface area (Å²) in [6, 6.07) is 4.68. The lowest BCUT2D eigenvalue weighted by Crippen LogP contribution is -2.44. The molecule has 0 amide bonds. The monoisotopic (exact) mass is 369 g/mol. The van der Waals surface area contributed by atoms with Crippen molar-refractivity contribution in [3.63, 3.8) is 0 Å². The standard InChI is InChI=1S/C18H27NO5S/c1-6-10-19(25(21,22)7-2)15-12-18(3,4)24-16-9-8-13(11-14(15)16)17(20)23-5/h8-9,11,15H,6-7,10,12H2,1-5H3. The molecule has 25 heavy (non-hydrogen) atoms. The van der Waals surface area contributed by atoms with Crippen molar-refractivity contribution in [2.24, 2.45) is 0 Å². The van der Waals surface area contributed by atoms with Gasteiger partial charge in [0.15, 0.2) is 0 Å². The van der Waals surface area contributed by atoms with Crippen LogP contribution in [0, 0.1) is 0 Å². The van der Waals surface area contributed by atoms with Gasteiger partial charge in [-0.05, 0) is 45.4 Å². The molecule has 1 aliphatic rings. The second kappa shape index (κ2) is 7.33. The lowest BCUT2D eigenvalue weighted by molar-refractivity contribution is 0.0499. The normalized spacial score (nSPS) is 19.2. The van der Waals surface area contributed by atoms with Crippen LogP contribution < -0.4 is 4.74 Å². The van der Waals surface area contributed by atoms with E-state index in [1.54, 1.807) is 29.4 Å². The Morgan fingerprint density at radius 1 is 1.36 bits per heavy atom. The minimum atomic E-state index is -3.39. The topological polar surface area (TPSA) is 72.9 Å². The summed E-state index contributed by atoms with van der Waals surface area (Å²) < 4.78 is 37.7. The van der Waals surface area contributed by atoms with E-state index < -0.39 is 21.6 Å². The molecule has 1 atom stereocenters. The number of rotatable bonds is 6. The van der Waals surface area contributed by atoms with Gasteiger partial charge in [-0.15, -0.1) is 0 Å². The Morgan fingerprint density at radius 3 is 2.60 bits per heavy atom. The van der Waals surface area contributed by atoms with E-state index in [0.29, 0.717) is 36.3 Å². The molecule has 0 saturated heterocycles. The fourth-order valence-corrected chi connectivity index (χ4v) is 4.56. The Kier molecular flexibility index (Phi) is 5.79. The number of fused-ring (bicyclic) bond motifs is 1. The van der Waals surface area contributed by atoms with Gasteiger partial charge in [-0.3, -0.25) is 0 Å². The van der Waals surface area contributed by atoms with Gasteiger partial charge in [0.05, 0.1) is 24.5 Å². The van der Waals surface area contributed by atoms with Gasteiger partial charge in [-0.1, -0.05) is 6.92 Å². The Morgan fingerprint density at radius 2 is 2.04 bits per heavy atom. The molecule has 6 nitrogen and oxygen atoms in total. The van der Waals surface area contributed by atoms with Crippen LogP contribution in [-0.4, -0.2) is 43.7 Å². The van der Waals surface area contributed by atoms with Gasteiger partial charge < -0.3 is 9.47 Å². The van der Waals surface area contributed by atoms with Crippen molar-refractivity contribution >= 4 is 16.0 Å². The Labute approximate surface area is 150 Å². The highest BCUT2D eigenvalue weighted by atomic mass is 32.2. The summed E-state index contributed by atoms with van der Waals surface area (Å²) in [4.78, 5) is 11.9. The van der Waals surface area contributed by atoms with Crippen LogP contribution in [0.5, 0.6) is 5.75 Å². The van der Waals surface area contributed by atoms with E-state index in [1.807, 2.05) is 20.8 Å². The highest BCUT2D eigenvalue weighted by Crippen LogP contribution is 2.44. The summed E-state index contributed by atoms with van der Waals surface area (Å²) in [6.07, 6.45) is 1.23. The Hall–Kier alpha value is -1.60. The molecule has 1 aliphatic heterocycles. The van der Waals surface area contributed by atoms with Crippen LogP contribution >= 0.6 is 0 Å². The van der Waals surface area contributed by atoms with Gasteiger partial charge in [-0.25, -0.2) is 13.2 Å². The van der Waals surface area contributed by atoms with Crippen molar-refractivity contribution in [3.05, 3.63) is 29.3 Å². The third-order valence-corrected chi connectivity index (χ3v) is 6.26. The quantitative estimate of drug-likeness (QED) is 0.720. The maximum absolute atomic E-state index is 12.7. The number of nitrogens with zero attached hydrogens (tertiary/aromatic N) is 1. The minimum absolute atomic E-state index is 0.0385. The number of hydrogen-bond acceptors (Lipinski definition) is 5. The number of methoxy groups -OCH3 is 1. The summed E-state index contributed by atoms with van der Waals surface area (Å²) >= 11 is 0. The van der Waals surface area contributed by atoms with Gasteiger partial charge in [0.25, 0.3) is 0 Å². The molecule has 1 aromatic carbocycles. The van der Waals surface area contributed by atoms with Crippen LogP contribution in [0.15, 0.2) is 18.2 Å². The van der Waals surface area contributed by atoms with Crippen molar-refractivity contribution in [3.8, 4) is 5.75 Å². The van der Waals surface area contributed by atoms with Crippen molar-refractivity contribution in [1.82, 2.24) is 4.31 Å². The van der Waals surface area contributed by atoms with Crippen LogP contribution in [0.4, 0.5) is 0 Å². The zero-order valence-corrected chi connectivity index (χ0v) is 16.4. The largest absolute Gasteiger partial charge is 0.487 e. The van der Waals surface area contributed by atoms with Crippen molar-refractivity contribution in [1.29, 1.82) is 0 Å². The van der Waals surface area contributed by atoms with Gasteiger partial charge in [0.2, 0.25) is 10.0 Å². The molecule has 0 radical (unpaired) electrons. The number of benzene rings is 1. The molecule has 0 aromatic heterocycles. The van der Waals surface area contributed by atoms with E-state index in [2.05, 4.69) is 0 Å². The molecule has 2 rings (SSSR count). The molecule has 1 heterocycles. The molecular weight excluding hydrogens is 342 g/mol. The summed E-state index contributed by atoms with van der Waals surface area (Å²) in [5.41, 5.74) is 0.604. The van der Waals surface area contributed by atoms with E-state index in [9.17, 15) is 13.2 Å². The first-order valence-electron chi connectivity index (χ1n) is 8.56. The number of esters is 1. The molecule has 0 spiro atoms. The van der Waals surface area contributed by atoms with Crippen LogP contribution in [0.25, 0.3) is 0 Å². The maximum atomic E-state index is 12.7. The Bertz CT molecular complexity index is 742. The fourth-order valence-electron chi connectivity index (χ4n) is 3.19. The molecule has 140 valence electrons. The van der Waals surface area contributed by atoms with E-state index in [4.69, 9.17) is 9.47 Å². The lowest BCUT2D eigenvalue weighted by atomic mass is 9.88. The van der Waals surface area contributed by atoms with Crippen molar-refractivity contribution in [2.45, 2.75) is 52.2 Å². The van der Waals surface area contributed by atoms with Gasteiger partial charge >= 0.3 is 5.97 Å². The summed E-state index contributed by atoms with van der Waals surface area (Å²) in [5, 5.41) is 0. The third-order valence-electron chi connectivity index (χ3n) is 4.37. The van der Waals surface area contributed by atoms with Crippen LogP contribution in [0.2, 0.25) is 0 Å². The van der Waals surface area contributed by atoms with Gasteiger partial charge in [-0.2, -0.15) is 4.31 Å². The summed E-state index contributed by atoms with van der Waals surface area (Å²) in [5.74, 6) is 0.199. The molecule has 1 unspecified atom stereocenters. The fraction of sp³-hybridized carbons (Fsp3) is 0.611.